The van der Waals surface area contributed by atoms with Crippen LogP contribution >= 0.6 is 0 Å². The molecule has 162 valence electrons. The minimum absolute atomic E-state index is 0.0579. The summed E-state index contributed by atoms with van der Waals surface area (Å²) in [6.45, 7) is 3.45. The molecule has 0 heterocycles. The second kappa shape index (κ2) is 10.1. The highest BCUT2D eigenvalue weighted by Crippen LogP contribution is 2.29. The highest BCUT2D eigenvalue weighted by molar-refractivity contribution is 5.84. The molecule has 0 saturated heterocycles. The lowest BCUT2D eigenvalue weighted by atomic mass is 10.1. The van der Waals surface area contributed by atoms with Gasteiger partial charge >= 0.3 is 18.2 Å². The quantitative estimate of drug-likeness (QED) is 0.630. The van der Waals surface area contributed by atoms with Crippen LogP contribution in [0.3, 0.4) is 0 Å². The fourth-order valence-electron chi connectivity index (χ4n) is 2.55. The summed E-state index contributed by atoms with van der Waals surface area (Å²) in [5.41, 5.74) is 0.776. The van der Waals surface area contributed by atoms with Crippen molar-refractivity contribution in [3.8, 4) is 0 Å². The number of amides is 1. The highest BCUT2D eigenvalue weighted by Gasteiger charge is 2.30. The molecule has 0 saturated carbocycles. The maximum absolute atomic E-state index is 12.5. The van der Waals surface area contributed by atoms with Gasteiger partial charge in [-0.15, -0.1) is 0 Å². The van der Waals surface area contributed by atoms with E-state index in [1.54, 1.807) is 38.1 Å². The smallest absolute Gasteiger partial charge is 0.416 e. The average molecular weight is 425 g/mol. The van der Waals surface area contributed by atoms with Crippen molar-refractivity contribution in [2.75, 3.05) is 5.32 Å². The molecule has 9 heteroatoms. The van der Waals surface area contributed by atoms with Gasteiger partial charge in [0.05, 0.1) is 11.7 Å². The molecule has 2 aromatic carbocycles. The Morgan fingerprint density at radius 1 is 1.00 bits per heavy atom. The van der Waals surface area contributed by atoms with E-state index in [0.29, 0.717) is 5.56 Å². The van der Waals surface area contributed by atoms with Gasteiger partial charge in [-0.05, 0) is 49.2 Å². The van der Waals surface area contributed by atoms with Crippen LogP contribution in [-0.2, 0) is 33.5 Å². The summed E-state index contributed by atoms with van der Waals surface area (Å²) >= 11 is 0. The molecule has 2 aromatic rings. The van der Waals surface area contributed by atoms with E-state index in [4.69, 9.17) is 9.47 Å². The summed E-state index contributed by atoms with van der Waals surface area (Å²) in [6.07, 6.45) is -6.24. The summed E-state index contributed by atoms with van der Waals surface area (Å²) in [5.74, 6) is -1.05. The van der Waals surface area contributed by atoms with Gasteiger partial charge in [0.2, 0.25) is 0 Å². The standard InChI is InChI=1S/C21H22F3NO5/c1-13(2)30-18(19(26)27)11-14-3-5-15(6-4-14)12-29-20(28)25-17-9-7-16(8-10-17)21(22,23)24/h3-10,13,18H,11-12H2,1-2H3,(H,25,28)(H,26,27). The number of hydrogen-bond acceptors (Lipinski definition) is 4. The second-order valence-corrected chi connectivity index (χ2v) is 6.81. The lowest BCUT2D eigenvalue weighted by molar-refractivity contribution is -0.153. The first kappa shape index (κ1) is 23.2. The molecule has 30 heavy (non-hydrogen) atoms. The van der Waals surface area contributed by atoms with Crippen molar-refractivity contribution in [1.82, 2.24) is 0 Å². The van der Waals surface area contributed by atoms with Crippen molar-refractivity contribution >= 4 is 17.7 Å². The molecule has 0 aliphatic carbocycles. The number of benzene rings is 2. The fraction of sp³-hybridized carbons (Fsp3) is 0.333. The van der Waals surface area contributed by atoms with E-state index in [2.05, 4.69) is 5.32 Å². The van der Waals surface area contributed by atoms with Gasteiger partial charge in [-0.1, -0.05) is 24.3 Å². The number of rotatable bonds is 8. The third-order valence-electron chi connectivity index (χ3n) is 3.98. The molecule has 1 unspecified atom stereocenters. The molecular formula is C21H22F3NO5. The summed E-state index contributed by atoms with van der Waals surface area (Å²) in [5, 5.41) is 11.6. The summed E-state index contributed by atoms with van der Waals surface area (Å²) in [6, 6.07) is 10.8. The molecule has 0 fully saturated rings. The third-order valence-corrected chi connectivity index (χ3v) is 3.98. The van der Waals surface area contributed by atoms with E-state index in [1.807, 2.05) is 0 Å². The van der Waals surface area contributed by atoms with Crippen LogP contribution < -0.4 is 5.32 Å². The maximum Gasteiger partial charge on any atom is 0.416 e. The number of carboxylic acid groups (broad SMARTS) is 1. The Hall–Kier alpha value is -3.07. The normalized spacial score (nSPS) is 12.5. The monoisotopic (exact) mass is 425 g/mol. The van der Waals surface area contributed by atoms with Crippen LogP contribution in [-0.4, -0.2) is 29.4 Å². The van der Waals surface area contributed by atoms with Gasteiger partial charge in [-0.2, -0.15) is 13.2 Å². The molecule has 1 amide bonds. The van der Waals surface area contributed by atoms with E-state index in [9.17, 15) is 27.9 Å². The minimum Gasteiger partial charge on any atom is -0.479 e. The zero-order chi connectivity index (χ0) is 22.3. The number of nitrogens with one attached hydrogen (secondary N) is 1. The number of carbonyl (C=O) groups is 2. The van der Waals surface area contributed by atoms with Gasteiger partial charge in [0, 0.05) is 12.1 Å². The SMILES string of the molecule is CC(C)OC(Cc1ccc(COC(=O)Nc2ccc(C(F)(F)F)cc2)cc1)C(=O)O. The Bertz CT molecular complexity index is 848. The molecule has 0 bridgehead atoms. The molecule has 0 aliphatic heterocycles. The third kappa shape index (κ3) is 7.40. The van der Waals surface area contributed by atoms with E-state index in [1.165, 1.54) is 0 Å². The molecule has 2 rings (SSSR count). The van der Waals surface area contributed by atoms with E-state index in [-0.39, 0.29) is 24.8 Å². The first-order valence-corrected chi connectivity index (χ1v) is 9.11. The number of halogens is 3. The van der Waals surface area contributed by atoms with Gasteiger partial charge in [0.1, 0.15) is 6.61 Å². The van der Waals surface area contributed by atoms with Gasteiger partial charge in [0.25, 0.3) is 0 Å². The number of aliphatic carboxylic acids is 1. The lowest BCUT2D eigenvalue weighted by Gasteiger charge is -2.16. The Morgan fingerprint density at radius 3 is 2.07 bits per heavy atom. The van der Waals surface area contributed by atoms with Crippen LogP contribution in [0.2, 0.25) is 0 Å². The first-order chi connectivity index (χ1) is 14.0. The van der Waals surface area contributed by atoms with Crippen LogP contribution in [0.4, 0.5) is 23.7 Å². The molecule has 0 radical (unpaired) electrons. The first-order valence-electron chi connectivity index (χ1n) is 9.11. The number of carbonyl (C=O) groups excluding carboxylic acids is 1. The Balaban J connectivity index is 1.85. The Kier molecular flexibility index (Phi) is 7.82. The van der Waals surface area contributed by atoms with Gasteiger partial charge in [-0.25, -0.2) is 9.59 Å². The average Bonchev–Trinajstić information content (AvgIpc) is 2.66. The molecule has 0 aromatic heterocycles. The number of alkyl halides is 3. The molecule has 2 N–H and O–H groups in total. The zero-order valence-electron chi connectivity index (χ0n) is 16.4. The van der Waals surface area contributed by atoms with Crippen LogP contribution in [0.1, 0.15) is 30.5 Å². The lowest BCUT2D eigenvalue weighted by Crippen LogP contribution is -2.29. The van der Waals surface area contributed by atoms with Crippen LogP contribution in [0.25, 0.3) is 0 Å². The van der Waals surface area contributed by atoms with Crippen molar-refractivity contribution in [2.24, 2.45) is 0 Å². The van der Waals surface area contributed by atoms with E-state index < -0.39 is 29.9 Å². The highest BCUT2D eigenvalue weighted by atomic mass is 19.4. The van der Waals surface area contributed by atoms with Crippen molar-refractivity contribution < 1.29 is 37.3 Å². The summed E-state index contributed by atoms with van der Waals surface area (Å²) in [4.78, 5) is 23.1. The largest absolute Gasteiger partial charge is 0.479 e. The maximum atomic E-state index is 12.5. The van der Waals surface area contributed by atoms with Crippen molar-refractivity contribution in [3.05, 3.63) is 65.2 Å². The summed E-state index contributed by atoms with van der Waals surface area (Å²) in [7, 11) is 0. The van der Waals surface area contributed by atoms with Crippen molar-refractivity contribution in [3.63, 3.8) is 0 Å². The Morgan fingerprint density at radius 2 is 1.57 bits per heavy atom. The second-order valence-electron chi connectivity index (χ2n) is 6.81. The Labute approximate surface area is 171 Å². The van der Waals surface area contributed by atoms with Gasteiger partial charge < -0.3 is 14.6 Å². The topological polar surface area (TPSA) is 84.9 Å². The van der Waals surface area contributed by atoms with Crippen LogP contribution in [0.5, 0.6) is 0 Å². The van der Waals surface area contributed by atoms with Crippen LogP contribution in [0.15, 0.2) is 48.5 Å². The van der Waals surface area contributed by atoms with E-state index >= 15 is 0 Å². The molecule has 0 aliphatic rings. The summed E-state index contributed by atoms with van der Waals surface area (Å²) < 4.78 is 48.0. The molecule has 6 nitrogen and oxygen atoms in total. The number of hydrogen-bond donors (Lipinski definition) is 2. The van der Waals surface area contributed by atoms with Gasteiger partial charge in [-0.3, -0.25) is 5.32 Å². The minimum atomic E-state index is -4.45. The number of carboxylic acids is 1. The molecule has 1 atom stereocenters. The zero-order valence-corrected chi connectivity index (χ0v) is 16.4. The predicted octanol–water partition coefficient (Wildman–Crippen LogP) is 4.87. The van der Waals surface area contributed by atoms with Gasteiger partial charge in [0.15, 0.2) is 6.10 Å². The predicted molar refractivity (Wildman–Crippen MR) is 103 cm³/mol. The number of ether oxygens (including phenoxy) is 2. The van der Waals surface area contributed by atoms with Crippen molar-refractivity contribution in [1.29, 1.82) is 0 Å². The number of anilines is 1. The van der Waals surface area contributed by atoms with E-state index in [0.717, 1.165) is 29.8 Å². The fourth-order valence-corrected chi connectivity index (χ4v) is 2.55. The van der Waals surface area contributed by atoms with Crippen LogP contribution in [0, 0.1) is 0 Å². The van der Waals surface area contributed by atoms with Crippen molar-refractivity contribution in [2.45, 2.75) is 45.3 Å². The molecule has 0 spiro atoms. The molecular weight excluding hydrogens is 403 g/mol.